The Morgan fingerprint density at radius 1 is 0.913 bits per heavy atom. The summed E-state index contributed by atoms with van der Waals surface area (Å²) in [6, 6.07) is 5.71. The number of fused-ring (bicyclic) bond motifs is 1. The molecular weight excluding hydrogens is 332 g/mol. The van der Waals surface area contributed by atoms with Gasteiger partial charge in [0.05, 0.1) is 9.79 Å². The molecule has 2 rings (SSSR count). The molecule has 0 unspecified atom stereocenters. The highest BCUT2D eigenvalue weighted by Crippen LogP contribution is 2.49. The SMILES string of the molecule is CSc1c(SC)c(OC(C)=O)c2c(C)cccc2c1OC(C)=O. The number of ether oxygens (including phenoxy) is 2. The molecule has 0 bridgehead atoms. The highest BCUT2D eigenvalue weighted by atomic mass is 32.2. The number of thioether (sulfide) groups is 2. The quantitative estimate of drug-likeness (QED) is 0.461. The summed E-state index contributed by atoms with van der Waals surface area (Å²) in [6.07, 6.45) is 3.81. The Bertz CT molecular complexity index is 784. The lowest BCUT2D eigenvalue weighted by molar-refractivity contribution is -0.133. The number of carbonyl (C=O) groups is 2. The van der Waals surface area contributed by atoms with E-state index in [-0.39, 0.29) is 11.9 Å². The first-order valence-corrected chi connectivity index (χ1v) is 9.39. The van der Waals surface area contributed by atoms with E-state index in [1.54, 1.807) is 0 Å². The predicted octanol–water partition coefficient (Wildman–Crippen LogP) is 4.44. The molecule has 0 fully saturated rings. The minimum absolute atomic E-state index is 0.378. The van der Waals surface area contributed by atoms with E-state index in [1.165, 1.54) is 37.4 Å². The molecular formula is C17H18O4S2. The summed E-state index contributed by atoms with van der Waals surface area (Å²) < 4.78 is 11.0. The van der Waals surface area contributed by atoms with E-state index in [0.717, 1.165) is 26.1 Å². The summed E-state index contributed by atoms with van der Waals surface area (Å²) >= 11 is 2.93. The molecule has 23 heavy (non-hydrogen) atoms. The van der Waals surface area contributed by atoms with Crippen LogP contribution >= 0.6 is 23.5 Å². The molecule has 0 aromatic heterocycles. The Hall–Kier alpha value is -1.66. The van der Waals surface area contributed by atoms with Crippen LogP contribution < -0.4 is 9.47 Å². The van der Waals surface area contributed by atoms with Crippen LogP contribution in [0.2, 0.25) is 0 Å². The molecule has 0 saturated heterocycles. The maximum atomic E-state index is 11.6. The van der Waals surface area contributed by atoms with Crippen molar-refractivity contribution in [1.82, 2.24) is 0 Å². The fourth-order valence-corrected chi connectivity index (χ4v) is 4.18. The van der Waals surface area contributed by atoms with Crippen LogP contribution in [0.1, 0.15) is 19.4 Å². The molecule has 6 heteroatoms. The Morgan fingerprint density at radius 2 is 1.43 bits per heavy atom. The molecule has 0 amide bonds. The maximum absolute atomic E-state index is 11.6. The molecule has 0 N–H and O–H groups in total. The van der Waals surface area contributed by atoms with E-state index in [9.17, 15) is 9.59 Å². The van der Waals surface area contributed by atoms with Crippen LogP contribution in [0, 0.1) is 6.92 Å². The third-order valence-electron chi connectivity index (χ3n) is 3.26. The molecule has 4 nitrogen and oxygen atoms in total. The van der Waals surface area contributed by atoms with E-state index in [0.29, 0.717) is 11.5 Å². The third kappa shape index (κ3) is 3.48. The van der Waals surface area contributed by atoms with Gasteiger partial charge in [-0.3, -0.25) is 9.59 Å². The molecule has 0 radical (unpaired) electrons. The van der Waals surface area contributed by atoms with Gasteiger partial charge in [0, 0.05) is 24.6 Å². The van der Waals surface area contributed by atoms with E-state index in [4.69, 9.17) is 9.47 Å². The van der Waals surface area contributed by atoms with E-state index in [1.807, 2.05) is 37.6 Å². The Balaban J connectivity index is 2.98. The summed E-state index contributed by atoms with van der Waals surface area (Å²) in [5.74, 6) is 0.287. The van der Waals surface area contributed by atoms with Crippen LogP contribution in [0.15, 0.2) is 28.0 Å². The van der Waals surface area contributed by atoms with Crippen molar-refractivity contribution in [3.05, 3.63) is 23.8 Å². The average Bonchev–Trinajstić information content (AvgIpc) is 2.48. The zero-order valence-electron chi connectivity index (χ0n) is 13.7. The van der Waals surface area contributed by atoms with Crippen molar-refractivity contribution in [2.75, 3.05) is 12.5 Å². The van der Waals surface area contributed by atoms with Gasteiger partial charge in [0.15, 0.2) is 11.5 Å². The largest absolute Gasteiger partial charge is 0.425 e. The average molecular weight is 350 g/mol. The van der Waals surface area contributed by atoms with Gasteiger partial charge in [-0.15, -0.1) is 23.5 Å². The number of rotatable bonds is 4. The minimum Gasteiger partial charge on any atom is -0.425 e. The van der Waals surface area contributed by atoms with Crippen molar-refractivity contribution in [1.29, 1.82) is 0 Å². The number of aryl methyl sites for hydroxylation is 1. The third-order valence-corrected chi connectivity index (χ3v) is 4.99. The Kier molecular flexibility index (Phi) is 5.59. The van der Waals surface area contributed by atoms with Crippen LogP contribution in [-0.4, -0.2) is 24.5 Å². The lowest BCUT2D eigenvalue weighted by Gasteiger charge is -2.19. The molecule has 0 atom stereocenters. The minimum atomic E-state index is -0.379. The van der Waals surface area contributed by atoms with Gasteiger partial charge in [-0.25, -0.2) is 0 Å². The monoisotopic (exact) mass is 350 g/mol. The highest BCUT2D eigenvalue weighted by molar-refractivity contribution is 8.01. The van der Waals surface area contributed by atoms with E-state index >= 15 is 0 Å². The first-order chi connectivity index (χ1) is 10.9. The van der Waals surface area contributed by atoms with Gasteiger partial charge in [-0.1, -0.05) is 18.2 Å². The second-order valence-corrected chi connectivity index (χ2v) is 6.54. The fraction of sp³-hybridized carbons (Fsp3) is 0.294. The Labute approximate surface area is 143 Å². The molecule has 0 aliphatic rings. The molecule has 0 aliphatic carbocycles. The number of esters is 2. The standard InChI is InChI=1S/C17H18O4S2/c1-9-7-6-8-12-13(9)15(21-11(3)19)17(23-5)16(22-4)14(12)20-10(2)18/h6-8H,1-5H3. The van der Waals surface area contributed by atoms with Gasteiger partial charge in [-0.2, -0.15) is 0 Å². The van der Waals surface area contributed by atoms with Crippen molar-refractivity contribution < 1.29 is 19.1 Å². The van der Waals surface area contributed by atoms with Crippen LogP contribution in [0.5, 0.6) is 11.5 Å². The lowest BCUT2D eigenvalue weighted by Crippen LogP contribution is -2.08. The fourth-order valence-electron chi connectivity index (χ4n) is 2.46. The van der Waals surface area contributed by atoms with Crippen LogP contribution in [-0.2, 0) is 9.59 Å². The summed E-state index contributed by atoms with van der Waals surface area (Å²) in [6.45, 7) is 4.70. The molecule has 0 aliphatic heterocycles. The maximum Gasteiger partial charge on any atom is 0.308 e. The van der Waals surface area contributed by atoms with Crippen LogP contribution in [0.4, 0.5) is 0 Å². The topological polar surface area (TPSA) is 52.6 Å². The zero-order valence-corrected chi connectivity index (χ0v) is 15.3. The molecule has 2 aromatic carbocycles. The van der Waals surface area contributed by atoms with Crippen molar-refractivity contribution in [3.8, 4) is 11.5 Å². The van der Waals surface area contributed by atoms with Gasteiger partial charge < -0.3 is 9.47 Å². The highest BCUT2D eigenvalue weighted by Gasteiger charge is 2.23. The first kappa shape index (κ1) is 17.7. The van der Waals surface area contributed by atoms with Crippen molar-refractivity contribution in [2.45, 2.75) is 30.6 Å². The summed E-state index contributed by atoms with van der Waals surface area (Å²) in [5, 5.41) is 1.56. The van der Waals surface area contributed by atoms with E-state index < -0.39 is 0 Å². The van der Waals surface area contributed by atoms with Crippen LogP contribution in [0.25, 0.3) is 10.8 Å². The van der Waals surface area contributed by atoms with Gasteiger partial charge in [0.25, 0.3) is 0 Å². The first-order valence-electron chi connectivity index (χ1n) is 6.94. The lowest BCUT2D eigenvalue weighted by atomic mass is 10.0. The van der Waals surface area contributed by atoms with Gasteiger partial charge >= 0.3 is 11.9 Å². The van der Waals surface area contributed by atoms with Gasteiger partial charge in [-0.05, 0) is 25.0 Å². The van der Waals surface area contributed by atoms with Gasteiger partial charge in [0.2, 0.25) is 0 Å². The molecule has 122 valence electrons. The van der Waals surface area contributed by atoms with Gasteiger partial charge in [0.1, 0.15) is 0 Å². The Morgan fingerprint density at radius 3 is 1.96 bits per heavy atom. The van der Waals surface area contributed by atoms with Crippen molar-refractivity contribution in [2.24, 2.45) is 0 Å². The number of hydrogen-bond donors (Lipinski definition) is 0. The molecule has 0 saturated carbocycles. The van der Waals surface area contributed by atoms with Crippen molar-refractivity contribution in [3.63, 3.8) is 0 Å². The van der Waals surface area contributed by atoms with Crippen LogP contribution in [0.3, 0.4) is 0 Å². The smallest absolute Gasteiger partial charge is 0.308 e. The van der Waals surface area contributed by atoms with Crippen molar-refractivity contribution >= 4 is 46.2 Å². The predicted molar refractivity (Wildman–Crippen MR) is 94.9 cm³/mol. The molecule has 0 heterocycles. The molecule has 0 spiro atoms. The number of carbonyl (C=O) groups excluding carboxylic acids is 2. The summed E-state index contributed by atoms with van der Waals surface area (Å²) in [5.41, 5.74) is 0.954. The number of hydrogen-bond acceptors (Lipinski definition) is 6. The second kappa shape index (κ2) is 7.27. The molecule has 2 aromatic rings. The second-order valence-electron chi connectivity index (χ2n) is 4.91. The van der Waals surface area contributed by atoms with E-state index in [2.05, 4.69) is 0 Å². The summed E-state index contributed by atoms with van der Waals surface area (Å²) in [4.78, 5) is 24.7. The summed E-state index contributed by atoms with van der Waals surface area (Å²) in [7, 11) is 0. The zero-order chi connectivity index (χ0) is 17.1. The normalized spacial score (nSPS) is 10.7. The number of benzene rings is 2.